The molecule has 37 heavy (non-hydrogen) atoms. The number of hydrogen-bond acceptors (Lipinski definition) is 6. The number of nitrogens with zero attached hydrogens (tertiary/aromatic N) is 4. The van der Waals surface area contributed by atoms with Crippen LogP contribution in [0.4, 0.5) is 24.7 Å². The van der Waals surface area contributed by atoms with Crippen molar-refractivity contribution in [3.63, 3.8) is 0 Å². The number of piperazine rings is 1. The zero-order valence-electron chi connectivity index (χ0n) is 21.0. The number of aromatic nitrogens is 2. The SMILES string of the molecule is Cc1cc(N2CCN(c3cccc(C(F)(F)F)c3)CC2)nc(SCc2ccc(C(=O)NC(C)C)cc2)n1. The van der Waals surface area contributed by atoms with Crippen LogP contribution in [0.25, 0.3) is 0 Å². The number of rotatable bonds is 7. The molecule has 1 aromatic heterocycles. The Morgan fingerprint density at radius 3 is 2.32 bits per heavy atom. The minimum absolute atomic E-state index is 0.0824. The highest BCUT2D eigenvalue weighted by Gasteiger charge is 2.31. The number of nitrogens with one attached hydrogen (secondary N) is 1. The molecule has 0 saturated carbocycles. The van der Waals surface area contributed by atoms with E-state index in [2.05, 4.69) is 15.2 Å². The third-order valence-electron chi connectivity index (χ3n) is 5.97. The predicted octanol–water partition coefficient (Wildman–Crippen LogP) is 5.56. The van der Waals surface area contributed by atoms with Crippen LogP contribution in [0.5, 0.6) is 0 Å². The number of alkyl halides is 3. The lowest BCUT2D eigenvalue weighted by Crippen LogP contribution is -2.47. The van der Waals surface area contributed by atoms with Crippen molar-refractivity contribution < 1.29 is 18.0 Å². The summed E-state index contributed by atoms with van der Waals surface area (Å²) >= 11 is 1.53. The van der Waals surface area contributed by atoms with Gasteiger partial charge in [0.25, 0.3) is 5.91 Å². The molecule has 10 heteroatoms. The number of hydrogen-bond donors (Lipinski definition) is 1. The first kappa shape index (κ1) is 26.8. The monoisotopic (exact) mass is 529 g/mol. The minimum atomic E-state index is -4.35. The number of aryl methyl sites for hydroxylation is 1. The molecule has 3 aromatic rings. The van der Waals surface area contributed by atoms with Gasteiger partial charge >= 0.3 is 6.18 Å². The molecule has 1 aliphatic rings. The number of halogens is 3. The molecule has 1 fully saturated rings. The van der Waals surface area contributed by atoms with Gasteiger partial charge in [0, 0.05) is 61.0 Å². The van der Waals surface area contributed by atoms with Gasteiger partial charge in [0.1, 0.15) is 5.82 Å². The van der Waals surface area contributed by atoms with Gasteiger partial charge in [0.05, 0.1) is 5.56 Å². The van der Waals surface area contributed by atoms with Crippen LogP contribution in [0.3, 0.4) is 0 Å². The molecule has 0 atom stereocenters. The number of amides is 1. The minimum Gasteiger partial charge on any atom is -0.368 e. The van der Waals surface area contributed by atoms with Crippen LogP contribution in [0.1, 0.15) is 41.0 Å². The average Bonchev–Trinajstić information content (AvgIpc) is 2.87. The molecule has 0 bridgehead atoms. The van der Waals surface area contributed by atoms with Gasteiger partial charge in [-0.2, -0.15) is 13.2 Å². The Balaban J connectivity index is 1.36. The van der Waals surface area contributed by atoms with Crippen molar-refractivity contribution in [2.45, 2.75) is 43.9 Å². The standard InChI is InChI=1S/C27H30F3N5OS/c1-18(2)31-25(36)21-9-7-20(8-10-21)17-37-26-32-19(3)15-24(33-26)35-13-11-34(12-14-35)23-6-4-5-22(16-23)27(28,29)30/h4-10,15-16,18H,11-14,17H2,1-3H3,(H,31,36). The number of thioether (sulfide) groups is 1. The molecule has 1 amide bonds. The maximum atomic E-state index is 13.1. The van der Waals surface area contributed by atoms with Crippen molar-refractivity contribution in [2.24, 2.45) is 0 Å². The lowest BCUT2D eigenvalue weighted by molar-refractivity contribution is -0.137. The second-order valence-corrected chi connectivity index (χ2v) is 10.2. The Labute approximate surface area is 219 Å². The molecular weight excluding hydrogens is 499 g/mol. The summed E-state index contributed by atoms with van der Waals surface area (Å²) < 4.78 is 39.3. The zero-order chi connectivity index (χ0) is 26.6. The second-order valence-electron chi connectivity index (χ2n) is 9.29. The van der Waals surface area contributed by atoms with E-state index in [0.717, 1.165) is 23.1 Å². The highest BCUT2D eigenvalue weighted by atomic mass is 32.2. The Kier molecular flexibility index (Phi) is 8.26. The summed E-state index contributed by atoms with van der Waals surface area (Å²) in [4.78, 5) is 25.6. The summed E-state index contributed by atoms with van der Waals surface area (Å²) in [5.74, 6) is 1.39. The van der Waals surface area contributed by atoms with E-state index in [9.17, 15) is 18.0 Å². The van der Waals surface area contributed by atoms with Crippen LogP contribution < -0.4 is 15.1 Å². The fraction of sp³-hybridized carbons (Fsp3) is 0.370. The van der Waals surface area contributed by atoms with Crippen LogP contribution >= 0.6 is 11.8 Å². The van der Waals surface area contributed by atoms with Gasteiger partial charge in [0.15, 0.2) is 5.16 Å². The topological polar surface area (TPSA) is 61.4 Å². The smallest absolute Gasteiger partial charge is 0.368 e. The van der Waals surface area contributed by atoms with E-state index in [0.29, 0.717) is 48.3 Å². The molecular formula is C27H30F3N5OS. The molecule has 2 heterocycles. The van der Waals surface area contributed by atoms with E-state index in [1.54, 1.807) is 6.07 Å². The molecule has 1 saturated heterocycles. The van der Waals surface area contributed by atoms with Crippen molar-refractivity contribution in [1.82, 2.24) is 15.3 Å². The summed E-state index contributed by atoms with van der Waals surface area (Å²) in [5, 5.41) is 3.55. The maximum Gasteiger partial charge on any atom is 0.416 e. The summed E-state index contributed by atoms with van der Waals surface area (Å²) in [7, 11) is 0. The summed E-state index contributed by atoms with van der Waals surface area (Å²) in [6.07, 6.45) is -4.35. The average molecular weight is 530 g/mol. The molecule has 196 valence electrons. The third-order valence-corrected chi connectivity index (χ3v) is 6.88. The molecule has 4 rings (SSSR count). The van der Waals surface area contributed by atoms with E-state index < -0.39 is 11.7 Å². The van der Waals surface area contributed by atoms with Gasteiger partial charge in [-0.3, -0.25) is 4.79 Å². The molecule has 0 spiro atoms. The summed E-state index contributed by atoms with van der Waals surface area (Å²) in [6, 6.07) is 15.0. The molecule has 1 N–H and O–H groups in total. The van der Waals surface area contributed by atoms with Gasteiger partial charge in [-0.25, -0.2) is 9.97 Å². The van der Waals surface area contributed by atoms with E-state index in [1.807, 2.05) is 56.0 Å². The maximum absolute atomic E-state index is 13.1. The van der Waals surface area contributed by atoms with Crippen LogP contribution in [-0.4, -0.2) is 48.1 Å². The van der Waals surface area contributed by atoms with Crippen molar-refractivity contribution in [2.75, 3.05) is 36.0 Å². The number of carbonyl (C=O) groups is 1. The van der Waals surface area contributed by atoms with E-state index in [1.165, 1.54) is 23.9 Å². The predicted molar refractivity (Wildman–Crippen MR) is 141 cm³/mol. The van der Waals surface area contributed by atoms with Gasteiger partial charge < -0.3 is 15.1 Å². The Morgan fingerprint density at radius 1 is 1.00 bits per heavy atom. The first-order valence-corrected chi connectivity index (χ1v) is 13.1. The fourth-order valence-electron chi connectivity index (χ4n) is 4.07. The molecule has 6 nitrogen and oxygen atoms in total. The number of carbonyl (C=O) groups excluding carboxylic acids is 1. The highest BCUT2D eigenvalue weighted by Crippen LogP contribution is 2.32. The normalized spacial score (nSPS) is 14.2. The van der Waals surface area contributed by atoms with Crippen LogP contribution in [0.2, 0.25) is 0 Å². The van der Waals surface area contributed by atoms with Gasteiger partial charge in [0.2, 0.25) is 0 Å². The van der Waals surface area contributed by atoms with Crippen molar-refractivity contribution in [3.8, 4) is 0 Å². The first-order valence-electron chi connectivity index (χ1n) is 12.1. The molecule has 2 aromatic carbocycles. The largest absolute Gasteiger partial charge is 0.416 e. The van der Waals surface area contributed by atoms with Crippen molar-refractivity contribution in [3.05, 3.63) is 77.0 Å². The van der Waals surface area contributed by atoms with E-state index in [4.69, 9.17) is 4.98 Å². The quantitative estimate of drug-likeness (QED) is 0.319. The second kappa shape index (κ2) is 11.4. The number of benzene rings is 2. The first-order chi connectivity index (χ1) is 17.6. The molecule has 0 aliphatic carbocycles. The Hall–Kier alpha value is -3.27. The van der Waals surface area contributed by atoms with Gasteiger partial charge in [-0.1, -0.05) is 30.0 Å². The summed E-state index contributed by atoms with van der Waals surface area (Å²) in [6.45, 7) is 8.28. The Morgan fingerprint density at radius 2 is 1.68 bits per heavy atom. The molecule has 1 aliphatic heterocycles. The van der Waals surface area contributed by atoms with Crippen LogP contribution in [0.15, 0.2) is 59.8 Å². The zero-order valence-corrected chi connectivity index (χ0v) is 21.9. The van der Waals surface area contributed by atoms with Crippen molar-refractivity contribution in [1.29, 1.82) is 0 Å². The lowest BCUT2D eigenvalue weighted by atomic mass is 10.1. The van der Waals surface area contributed by atoms with Gasteiger partial charge in [-0.05, 0) is 56.7 Å². The number of anilines is 2. The van der Waals surface area contributed by atoms with Crippen LogP contribution in [-0.2, 0) is 11.9 Å². The molecule has 0 radical (unpaired) electrons. The van der Waals surface area contributed by atoms with E-state index in [-0.39, 0.29) is 11.9 Å². The Bertz CT molecular complexity index is 1230. The van der Waals surface area contributed by atoms with Crippen molar-refractivity contribution >= 4 is 29.2 Å². The third kappa shape index (κ3) is 7.15. The molecule has 0 unspecified atom stereocenters. The van der Waals surface area contributed by atoms with Gasteiger partial charge in [-0.15, -0.1) is 0 Å². The fourth-order valence-corrected chi connectivity index (χ4v) is 4.93. The van der Waals surface area contributed by atoms with Crippen LogP contribution in [0, 0.1) is 6.92 Å². The lowest BCUT2D eigenvalue weighted by Gasteiger charge is -2.37. The highest BCUT2D eigenvalue weighted by molar-refractivity contribution is 7.98. The van der Waals surface area contributed by atoms with E-state index >= 15 is 0 Å². The summed E-state index contributed by atoms with van der Waals surface area (Å²) in [5.41, 5.74) is 2.49.